The molecule has 2 amide bonds. The Morgan fingerprint density at radius 3 is 2.74 bits per heavy atom. The fourth-order valence-corrected chi connectivity index (χ4v) is 2.58. The highest BCUT2D eigenvalue weighted by molar-refractivity contribution is 6.01. The molecule has 23 heavy (non-hydrogen) atoms. The number of hydrogen-bond acceptors (Lipinski definition) is 5. The molecular weight excluding hydrogens is 298 g/mol. The molecule has 2 N–H and O–H groups in total. The quantitative estimate of drug-likeness (QED) is 0.710. The van der Waals surface area contributed by atoms with Crippen molar-refractivity contribution in [1.82, 2.24) is 10.6 Å². The van der Waals surface area contributed by atoms with Crippen molar-refractivity contribution < 1.29 is 19.1 Å². The van der Waals surface area contributed by atoms with Crippen molar-refractivity contribution in [2.24, 2.45) is 5.92 Å². The molecule has 2 rings (SSSR count). The third kappa shape index (κ3) is 3.92. The largest absolute Gasteiger partial charge is 0.497 e. The summed E-state index contributed by atoms with van der Waals surface area (Å²) in [6.45, 7) is 1.60. The second-order valence-electron chi connectivity index (χ2n) is 5.34. The Kier molecular flexibility index (Phi) is 5.81. The predicted molar refractivity (Wildman–Crippen MR) is 86.9 cm³/mol. The number of ether oxygens (including phenoxy) is 2. The van der Waals surface area contributed by atoms with Gasteiger partial charge in [-0.3, -0.25) is 9.59 Å². The number of nitrogens with zero attached hydrogens (tertiary/aromatic N) is 1. The van der Waals surface area contributed by atoms with Gasteiger partial charge in [0.25, 0.3) is 0 Å². The molecule has 1 heterocycles. The number of hydrogen-bond donors (Lipinski definition) is 2. The molecule has 126 valence electrons. The topological polar surface area (TPSA) is 79.9 Å². The lowest BCUT2D eigenvalue weighted by Crippen LogP contribution is -2.36. The fourth-order valence-electron chi connectivity index (χ4n) is 2.58. The molecule has 0 spiro atoms. The molecule has 1 saturated heterocycles. The first kappa shape index (κ1) is 17.1. The summed E-state index contributed by atoms with van der Waals surface area (Å²) >= 11 is 0. The van der Waals surface area contributed by atoms with Crippen molar-refractivity contribution in [2.45, 2.75) is 6.42 Å². The minimum absolute atomic E-state index is 0.0813. The Hall–Kier alpha value is -2.28. The smallest absolute Gasteiger partial charge is 0.227 e. The second kappa shape index (κ2) is 7.82. The number of rotatable bonds is 7. The summed E-state index contributed by atoms with van der Waals surface area (Å²) in [4.78, 5) is 26.0. The summed E-state index contributed by atoms with van der Waals surface area (Å²) in [6, 6.07) is 5.27. The molecule has 0 bridgehead atoms. The third-order valence-corrected chi connectivity index (χ3v) is 3.85. The van der Waals surface area contributed by atoms with Gasteiger partial charge in [0.15, 0.2) is 0 Å². The van der Waals surface area contributed by atoms with Crippen molar-refractivity contribution >= 4 is 17.5 Å². The van der Waals surface area contributed by atoms with E-state index in [-0.39, 0.29) is 24.2 Å². The van der Waals surface area contributed by atoms with E-state index in [1.807, 2.05) is 7.05 Å². The van der Waals surface area contributed by atoms with Crippen LogP contribution in [0.3, 0.4) is 0 Å². The zero-order chi connectivity index (χ0) is 16.8. The average molecular weight is 321 g/mol. The zero-order valence-electron chi connectivity index (χ0n) is 13.7. The van der Waals surface area contributed by atoms with Gasteiger partial charge in [0.1, 0.15) is 11.5 Å². The molecule has 1 aliphatic heterocycles. The van der Waals surface area contributed by atoms with E-state index in [0.717, 1.165) is 0 Å². The van der Waals surface area contributed by atoms with Gasteiger partial charge in [0, 0.05) is 32.1 Å². The van der Waals surface area contributed by atoms with Crippen LogP contribution in [0.4, 0.5) is 5.69 Å². The second-order valence-corrected chi connectivity index (χ2v) is 5.34. The summed E-state index contributed by atoms with van der Waals surface area (Å²) in [5, 5.41) is 5.80. The Labute approximate surface area is 135 Å². The molecule has 0 saturated carbocycles. The van der Waals surface area contributed by atoms with Crippen molar-refractivity contribution in [3.05, 3.63) is 18.2 Å². The van der Waals surface area contributed by atoms with Crippen LogP contribution >= 0.6 is 0 Å². The molecule has 7 heteroatoms. The van der Waals surface area contributed by atoms with E-state index >= 15 is 0 Å². The third-order valence-electron chi connectivity index (χ3n) is 3.85. The van der Waals surface area contributed by atoms with E-state index in [9.17, 15) is 9.59 Å². The lowest BCUT2D eigenvalue weighted by Gasteiger charge is -2.20. The highest BCUT2D eigenvalue weighted by Gasteiger charge is 2.36. The molecule has 1 aromatic rings. The van der Waals surface area contributed by atoms with Crippen LogP contribution in [0.1, 0.15) is 6.42 Å². The Morgan fingerprint density at radius 1 is 1.30 bits per heavy atom. The van der Waals surface area contributed by atoms with Gasteiger partial charge in [-0.1, -0.05) is 0 Å². The molecule has 1 fully saturated rings. The molecule has 1 unspecified atom stereocenters. The Bertz CT molecular complexity index is 576. The number of methoxy groups -OCH3 is 2. The van der Waals surface area contributed by atoms with E-state index < -0.39 is 0 Å². The van der Waals surface area contributed by atoms with E-state index in [1.54, 1.807) is 37.3 Å². The van der Waals surface area contributed by atoms with Gasteiger partial charge in [0.05, 0.1) is 25.8 Å². The first-order chi connectivity index (χ1) is 11.1. The number of carbonyl (C=O) groups is 2. The predicted octanol–water partition coefficient (Wildman–Crippen LogP) is 0.392. The van der Waals surface area contributed by atoms with Crippen LogP contribution in [-0.4, -0.2) is 52.7 Å². The summed E-state index contributed by atoms with van der Waals surface area (Å²) in [7, 11) is 4.94. The van der Waals surface area contributed by atoms with Crippen molar-refractivity contribution in [2.75, 3.05) is 45.8 Å². The highest BCUT2D eigenvalue weighted by atomic mass is 16.5. The fraction of sp³-hybridized carbons (Fsp3) is 0.500. The highest BCUT2D eigenvalue weighted by Crippen LogP contribution is 2.35. The van der Waals surface area contributed by atoms with Crippen LogP contribution in [0.15, 0.2) is 18.2 Å². The molecule has 1 atom stereocenters. The van der Waals surface area contributed by atoms with Crippen LogP contribution in [0, 0.1) is 5.92 Å². The number of nitrogens with one attached hydrogen (secondary N) is 2. The minimum Gasteiger partial charge on any atom is -0.497 e. The number of anilines is 1. The molecule has 0 aromatic heterocycles. The monoisotopic (exact) mass is 321 g/mol. The summed E-state index contributed by atoms with van der Waals surface area (Å²) in [5.41, 5.74) is 0.656. The number of carbonyl (C=O) groups excluding carboxylic acids is 2. The van der Waals surface area contributed by atoms with Crippen LogP contribution in [0.5, 0.6) is 11.5 Å². The minimum atomic E-state index is -0.342. The van der Waals surface area contributed by atoms with E-state index in [2.05, 4.69) is 10.6 Å². The van der Waals surface area contributed by atoms with Crippen molar-refractivity contribution in [3.8, 4) is 11.5 Å². The molecule has 7 nitrogen and oxygen atoms in total. The van der Waals surface area contributed by atoms with Gasteiger partial charge < -0.3 is 25.0 Å². The van der Waals surface area contributed by atoms with Crippen LogP contribution in [0.2, 0.25) is 0 Å². The molecule has 1 aromatic carbocycles. The van der Waals surface area contributed by atoms with E-state index in [1.165, 1.54) is 0 Å². The van der Waals surface area contributed by atoms with Gasteiger partial charge in [-0.25, -0.2) is 0 Å². The SMILES string of the molecule is CNCCNC(=O)C1CC(=O)N(c2ccc(OC)cc2OC)C1. The lowest BCUT2D eigenvalue weighted by molar-refractivity contribution is -0.126. The van der Waals surface area contributed by atoms with Gasteiger partial charge in [0.2, 0.25) is 11.8 Å². The zero-order valence-corrected chi connectivity index (χ0v) is 13.7. The standard InChI is InChI=1S/C16H23N3O4/c1-17-6-7-18-16(21)11-8-15(20)19(10-11)13-5-4-12(22-2)9-14(13)23-3/h4-5,9,11,17H,6-8,10H2,1-3H3,(H,18,21). The van der Waals surface area contributed by atoms with Crippen LogP contribution < -0.4 is 25.0 Å². The maximum Gasteiger partial charge on any atom is 0.227 e. The van der Waals surface area contributed by atoms with Crippen molar-refractivity contribution in [1.29, 1.82) is 0 Å². The average Bonchev–Trinajstić information content (AvgIpc) is 2.96. The molecular formula is C16H23N3O4. The van der Waals surface area contributed by atoms with E-state index in [0.29, 0.717) is 36.8 Å². The number of benzene rings is 1. The Balaban J connectivity index is 2.09. The molecule has 0 radical (unpaired) electrons. The van der Waals surface area contributed by atoms with Crippen molar-refractivity contribution in [3.63, 3.8) is 0 Å². The summed E-state index contributed by atoms with van der Waals surface area (Å²) < 4.78 is 10.5. The summed E-state index contributed by atoms with van der Waals surface area (Å²) in [5.74, 6) is 0.685. The van der Waals surface area contributed by atoms with Gasteiger partial charge >= 0.3 is 0 Å². The molecule has 1 aliphatic rings. The van der Waals surface area contributed by atoms with Crippen LogP contribution in [0.25, 0.3) is 0 Å². The van der Waals surface area contributed by atoms with E-state index in [4.69, 9.17) is 9.47 Å². The molecule has 0 aliphatic carbocycles. The normalized spacial score (nSPS) is 17.3. The first-order valence-corrected chi connectivity index (χ1v) is 7.55. The maximum absolute atomic E-state index is 12.3. The number of likely N-dealkylation sites (N-methyl/N-ethyl adjacent to an activating group) is 1. The van der Waals surface area contributed by atoms with Gasteiger partial charge in [-0.05, 0) is 19.2 Å². The number of amides is 2. The Morgan fingerprint density at radius 2 is 2.09 bits per heavy atom. The van der Waals surface area contributed by atoms with Crippen LogP contribution in [-0.2, 0) is 9.59 Å². The van der Waals surface area contributed by atoms with Gasteiger partial charge in [-0.2, -0.15) is 0 Å². The van der Waals surface area contributed by atoms with Gasteiger partial charge in [-0.15, -0.1) is 0 Å². The summed E-state index contributed by atoms with van der Waals surface area (Å²) in [6.07, 6.45) is 0.209. The maximum atomic E-state index is 12.3. The first-order valence-electron chi connectivity index (χ1n) is 7.55. The lowest BCUT2D eigenvalue weighted by atomic mass is 10.1.